The van der Waals surface area contributed by atoms with E-state index in [2.05, 4.69) is 29.6 Å². The average molecular weight is 314 g/mol. The Morgan fingerprint density at radius 3 is 2.48 bits per heavy atom. The molecular formula is C17H22N4O2. The van der Waals surface area contributed by atoms with Crippen LogP contribution >= 0.6 is 0 Å². The Hall–Kier alpha value is -2.63. The molecule has 0 aliphatic heterocycles. The molecule has 23 heavy (non-hydrogen) atoms. The maximum absolute atomic E-state index is 12.2. The molecule has 1 amide bonds. The van der Waals surface area contributed by atoms with Gasteiger partial charge in [0.05, 0.1) is 0 Å². The van der Waals surface area contributed by atoms with E-state index in [9.17, 15) is 9.59 Å². The number of carbonyl (C=O) groups excluding carboxylic acids is 1. The highest BCUT2D eigenvalue weighted by Crippen LogP contribution is 2.11. The second-order valence-electron chi connectivity index (χ2n) is 5.75. The molecule has 2 N–H and O–H groups in total. The molecule has 0 saturated heterocycles. The fourth-order valence-electron chi connectivity index (χ4n) is 2.12. The minimum atomic E-state index is -0.291. The number of hydrogen-bond donors (Lipinski definition) is 2. The Labute approximate surface area is 135 Å². The summed E-state index contributed by atoms with van der Waals surface area (Å²) in [6.45, 7) is 4.66. The molecule has 0 radical (unpaired) electrons. The van der Waals surface area contributed by atoms with E-state index in [0.29, 0.717) is 12.5 Å². The van der Waals surface area contributed by atoms with Gasteiger partial charge >= 0.3 is 0 Å². The Morgan fingerprint density at radius 1 is 1.17 bits per heavy atom. The Balaban J connectivity index is 1.99. The van der Waals surface area contributed by atoms with Gasteiger partial charge in [-0.2, -0.15) is 5.10 Å². The summed E-state index contributed by atoms with van der Waals surface area (Å²) in [4.78, 5) is 23.5. The topological polar surface area (TPSA) is 76.0 Å². The van der Waals surface area contributed by atoms with Crippen LogP contribution in [0.2, 0.25) is 0 Å². The van der Waals surface area contributed by atoms with Crippen LogP contribution in [0, 0.1) is 5.92 Å². The van der Waals surface area contributed by atoms with Crippen LogP contribution < -0.4 is 16.2 Å². The lowest BCUT2D eigenvalue weighted by Crippen LogP contribution is -2.40. The Kier molecular flexibility index (Phi) is 5.51. The maximum Gasteiger partial charge on any atom is 0.271 e. The smallest absolute Gasteiger partial charge is 0.271 e. The van der Waals surface area contributed by atoms with E-state index in [1.165, 1.54) is 19.2 Å². The molecule has 0 spiro atoms. The van der Waals surface area contributed by atoms with Crippen LogP contribution in [0.4, 0.5) is 5.69 Å². The molecule has 1 atom stereocenters. The summed E-state index contributed by atoms with van der Waals surface area (Å²) in [6, 6.07) is 12.7. The quantitative estimate of drug-likeness (QED) is 0.850. The van der Waals surface area contributed by atoms with Crippen molar-refractivity contribution in [3.63, 3.8) is 0 Å². The summed E-state index contributed by atoms with van der Waals surface area (Å²) in [5.74, 6) is 0.0460. The summed E-state index contributed by atoms with van der Waals surface area (Å²) in [5.41, 5.74) is 1.00. The summed E-state index contributed by atoms with van der Waals surface area (Å²) < 4.78 is 1.15. The maximum atomic E-state index is 12.2. The van der Waals surface area contributed by atoms with Crippen molar-refractivity contribution in [3.8, 4) is 0 Å². The van der Waals surface area contributed by atoms with Crippen LogP contribution in [0.3, 0.4) is 0 Å². The summed E-state index contributed by atoms with van der Waals surface area (Å²) in [7, 11) is 1.52. The van der Waals surface area contributed by atoms with Crippen molar-refractivity contribution in [2.24, 2.45) is 13.0 Å². The highest BCUT2D eigenvalue weighted by Gasteiger charge is 2.16. The van der Waals surface area contributed by atoms with Gasteiger partial charge < -0.3 is 10.6 Å². The van der Waals surface area contributed by atoms with Crippen LogP contribution in [-0.4, -0.2) is 28.3 Å². The average Bonchev–Trinajstić information content (AvgIpc) is 2.54. The van der Waals surface area contributed by atoms with Crippen LogP contribution in [0.25, 0.3) is 0 Å². The SMILES string of the molecule is CC(C)C(CNC(=O)c1ccc(=O)n(C)n1)Nc1ccccc1. The van der Waals surface area contributed by atoms with Gasteiger partial charge in [-0.25, -0.2) is 4.68 Å². The van der Waals surface area contributed by atoms with Crippen LogP contribution in [-0.2, 0) is 7.05 Å². The highest BCUT2D eigenvalue weighted by atomic mass is 16.2. The lowest BCUT2D eigenvalue weighted by Gasteiger charge is -2.24. The fourth-order valence-corrected chi connectivity index (χ4v) is 2.12. The minimum absolute atomic E-state index is 0.0916. The first kappa shape index (κ1) is 16.7. The monoisotopic (exact) mass is 314 g/mol. The van der Waals surface area contributed by atoms with Gasteiger partial charge in [-0.3, -0.25) is 9.59 Å². The minimum Gasteiger partial charge on any atom is -0.380 e. The Bertz CT molecular complexity index is 710. The molecule has 1 unspecified atom stereocenters. The first-order valence-electron chi connectivity index (χ1n) is 7.61. The highest BCUT2D eigenvalue weighted by molar-refractivity contribution is 5.92. The first-order valence-corrected chi connectivity index (χ1v) is 7.61. The van der Waals surface area contributed by atoms with Gasteiger partial charge in [-0.05, 0) is 24.1 Å². The van der Waals surface area contributed by atoms with Gasteiger partial charge in [0.1, 0.15) is 5.69 Å². The number of aryl methyl sites for hydroxylation is 1. The molecular weight excluding hydrogens is 292 g/mol. The summed E-state index contributed by atoms with van der Waals surface area (Å²) in [5, 5.41) is 10.2. The molecule has 1 aromatic heterocycles. The van der Waals surface area contributed by atoms with Crippen molar-refractivity contribution in [1.29, 1.82) is 0 Å². The number of hydrogen-bond acceptors (Lipinski definition) is 4. The molecule has 0 aliphatic rings. The van der Waals surface area contributed by atoms with E-state index >= 15 is 0 Å². The van der Waals surface area contributed by atoms with Crippen molar-refractivity contribution in [1.82, 2.24) is 15.1 Å². The van der Waals surface area contributed by atoms with E-state index in [1.54, 1.807) is 0 Å². The second-order valence-corrected chi connectivity index (χ2v) is 5.75. The third-order valence-electron chi connectivity index (χ3n) is 3.61. The molecule has 6 nitrogen and oxygen atoms in total. The predicted molar refractivity (Wildman–Crippen MR) is 90.5 cm³/mol. The Morgan fingerprint density at radius 2 is 1.87 bits per heavy atom. The molecule has 1 aromatic carbocycles. The largest absolute Gasteiger partial charge is 0.380 e. The van der Waals surface area contributed by atoms with E-state index < -0.39 is 0 Å². The van der Waals surface area contributed by atoms with Crippen LogP contribution in [0.1, 0.15) is 24.3 Å². The summed E-state index contributed by atoms with van der Waals surface area (Å²) in [6.07, 6.45) is 0. The zero-order valence-corrected chi connectivity index (χ0v) is 13.6. The zero-order valence-electron chi connectivity index (χ0n) is 13.6. The van der Waals surface area contributed by atoms with Crippen molar-refractivity contribution in [2.75, 3.05) is 11.9 Å². The standard InChI is InChI=1S/C17H22N4O2/c1-12(2)15(19-13-7-5-4-6-8-13)11-18-17(23)14-9-10-16(22)21(3)20-14/h4-10,12,15,19H,11H2,1-3H3,(H,18,23). The number of benzene rings is 1. The molecule has 6 heteroatoms. The molecule has 2 rings (SSSR count). The third kappa shape index (κ3) is 4.67. The molecule has 1 heterocycles. The molecule has 2 aromatic rings. The van der Waals surface area contributed by atoms with Gasteiger partial charge in [0.25, 0.3) is 11.5 Å². The van der Waals surface area contributed by atoms with Gasteiger partial charge in [-0.15, -0.1) is 0 Å². The number of nitrogens with one attached hydrogen (secondary N) is 2. The zero-order chi connectivity index (χ0) is 16.8. The number of amides is 1. The van der Waals surface area contributed by atoms with Crippen molar-refractivity contribution in [3.05, 3.63) is 58.5 Å². The number of nitrogens with zero attached hydrogens (tertiary/aromatic N) is 2. The van der Waals surface area contributed by atoms with Gasteiger partial charge in [-0.1, -0.05) is 32.0 Å². The molecule has 0 bridgehead atoms. The number of rotatable bonds is 6. The fraction of sp³-hybridized carbons (Fsp3) is 0.353. The lowest BCUT2D eigenvalue weighted by atomic mass is 10.0. The van der Waals surface area contributed by atoms with E-state index in [1.807, 2.05) is 30.3 Å². The number of aromatic nitrogens is 2. The van der Waals surface area contributed by atoms with Gasteiger partial charge in [0, 0.05) is 31.4 Å². The third-order valence-corrected chi connectivity index (χ3v) is 3.61. The predicted octanol–water partition coefficient (Wildman–Crippen LogP) is 1.65. The van der Waals surface area contributed by atoms with Crippen LogP contribution in [0.5, 0.6) is 0 Å². The molecule has 0 saturated carbocycles. The van der Waals surface area contributed by atoms with Crippen molar-refractivity contribution in [2.45, 2.75) is 19.9 Å². The van der Waals surface area contributed by atoms with Crippen LogP contribution in [0.15, 0.2) is 47.3 Å². The summed E-state index contributed by atoms with van der Waals surface area (Å²) >= 11 is 0. The molecule has 0 fully saturated rings. The van der Waals surface area contributed by atoms with Crippen molar-refractivity contribution >= 4 is 11.6 Å². The van der Waals surface area contributed by atoms with Gasteiger partial charge in [0.2, 0.25) is 0 Å². The number of carbonyl (C=O) groups is 1. The first-order chi connectivity index (χ1) is 11.0. The normalized spacial score (nSPS) is 12.0. The molecule has 122 valence electrons. The number of anilines is 1. The number of para-hydroxylation sites is 1. The second kappa shape index (κ2) is 7.58. The van der Waals surface area contributed by atoms with E-state index in [4.69, 9.17) is 0 Å². The van der Waals surface area contributed by atoms with Crippen molar-refractivity contribution < 1.29 is 4.79 Å². The lowest BCUT2D eigenvalue weighted by molar-refractivity contribution is 0.0943. The van der Waals surface area contributed by atoms with E-state index in [-0.39, 0.29) is 23.2 Å². The van der Waals surface area contributed by atoms with E-state index in [0.717, 1.165) is 10.4 Å². The van der Waals surface area contributed by atoms with Gasteiger partial charge in [0.15, 0.2) is 0 Å². The molecule has 0 aliphatic carbocycles.